The van der Waals surface area contributed by atoms with Gasteiger partial charge in [-0.3, -0.25) is 19.3 Å². The minimum Gasteiger partial charge on any atom is -0.480 e. The Bertz CT molecular complexity index is 1210. The molecule has 1 saturated heterocycles. The Balaban J connectivity index is 1.30. The van der Waals surface area contributed by atoms with Crippen LogP contribution in [0.25, 0.3) is 0 Å². The van der Waals surface area contributed by atoms with Gasteiger partial charge in [-0.05, 0) is 62.5 Å². The predicted molar refractivity (Wildman–Crippen MR) is 151 cm³/mol. The van der Waals surface area contributed by atoms with Crippen LogP contribution in [0.2, 0.25) is 0 Å². The third-order valence-corrected chi connectivity index (χ3v) is 11.5. The zero-order chi connectivity index (χ0) is 31.3. The number of aliphatic hydroxyl groups is 3. The van der Waals surface area contributed by atoms with Gasteiger partial charge in [0, 0.05) is 49.5 Å². The summed E-state index contributed by atoms with van der Waals surface area (Å²) < 4.78 is 0. The van der Waals surface area contributed by atoms with Gasteiger partial charge in [0.05, 0.1) is 12.7 Å². The fraction of sp³-hybridized carbons (Fsp3) is 0.767. The second-order valence-electron chi connectivity index (χ2n) is 13.5. The van der Waals surface area contributed by atoms with Gasteiger partial charge in [-0.2, -0.15) is 0 Å². The molecule has 238 valence electrons. The second kappa shape index (κ2) is 11.7. The van der Waals surface area contributed by atoms with Crippen molar-refractivity contribution in [3.63, 3.8) is 0 Å². The highest BCUT2D eigenvalue weighted by atomic mass is 16.9. The van der Waals surface area contributed by atoms with E-state index in [2.05, 4.69) is 4.84 Å². The molecule has 0 aromatic rings. The van der Waals surface area contributed by atoms with Gasteiger partial charge in [0.15, 0.2) is 11.6 Å². The second-order valence-corrected chi connectivity index (χ2v) is 13.5. The summed E-state index contributed by atoms with van der Waals surface area (Å²) >= 11 is 0. The van der Waals surface area contributed by atoms with E-state index in [0.29, 0.717) is 45.3 Å². The van der Waals surface area contributed by atoms with E-state index in [1.165, 1.54) is 4.90 Å². The highest BCUT2D eigenvalue weighted by Gasteiger charge is 2.69. The number of rotatable bonds is 10. The number of allylic oxidation sites excluding steroid dienone is 4. The van der Waals surface area contributed by atoms with Crippen molar-refractivity contribution in [3.05, 3.63) is 33.9 Å². The van der Waals surface area contributed by atoms with Crippen LogP contribution < -0.4 is 0 Å². The summed E-state index contributed by atoms with van der Waals surface area (Å²) in [5.74, 6) is -2.68. The minimum absolute atomic E-state index is 0.0215. The Morgan fingerprint density at radius 1 is 1.21 bits per heavy atom. The summed E-state index contributed by atoms with van der Waals surface area (Å²) in [6, 6.07) is -1.55. The molecule has 3 saturated carbocycles. The lowest BCUT2D eigenvalue weighted by Gasteiger charge is -2.59. The summed E-state index contributed by atoms with van der Waals surface area (Å²) in [5, 5.41) is 54.6. The predicted octanol–water partition coefficient (Wildman–Crippen LogP) is 0.595. The normalized spacial score (nSPS) is 39.2. The zero-order valence-corrected chi connectivity index (χ0v) is 24.8. The molecule has 1 aliphatic heterocycles. The van der Waals surface area contributed by atoms with Gasteiger partial charge < -0.3 is 30.2 Å². The van der Waals surface area contributed by atoms with E-state index in [9.17, 15) is 44.9 Å². The molecular formula is C30H43N3O10. The van der Waals surface area contributed by atoms with Gasteiger partial charge in [-0.1, -0.05) is 25.5 Å². The maximum absolute atomic E-state index is 14.0. The first-order valence-electron chi connectivity index (χ1n) is 15.3. The number of aliphatic carboxylic acids is 1. The van der Waals surface area contributed by atoms with E-state index < -0.39 is 51.5 Å². The molecule has 5 aliphatic rings. The first kappa shape index (κ1) is 31.7. The highest BCUT2D eigenvalue weighted by Crippen LogP contribution is 2.67. The van der Waals surface area contributed by atoms with Crippen LogP contribution in [0.5, 0.6) is 0 Å². The van der Waals surface area contributed by atoms with Crippen LogP contribution in [0.4, 0.5) is 0 Å². The number of ketones is 2. The lowest BCUT2D eigenvalue weighted by Crippen LogP contribution is -2.65. The largest absolute Gasteiger partial charge is 0.480 e. The van der Waals surface area contributed by atoms with Crippen molar-refractivity contribution in [2.45, 2.75) is 76.2 Å². The van der Waals surface area contributed by atoms with Crippen molar-refractivity contribution in [2.75, 3.05) is 39.3 Å². The van der Waals surface area contributed by atoms with E-state index in [1.807, 2.05) is 17.9 Å². The maximum atomic E-state index is 14.0. The molecule has 0 bridgehead atoms. The standard InChI is InChI=1S/C30H43N3O10/c1-28-8-6-19(34)16-18(28)4-5-20-21-7-9-30(40,29(21,2)17-22(35)23(20)28)26(37)25(36)24(27(38)39)32-13-11-31(12-14-32)10-3-15-43-33(41)42/h6,8,16,20-25,35-36,40H,3-5,7,9-15,17H2,1-2H3,(H,38,39)/t20-,21-,22-,23+,24?,25?,28-,29-,30-/m0/s1. The lowest BCUT2D eigenvalue weighted by atomic mass is 9.46. The van der Waals surface area contributed by atoms with Crippen molar-refractivity contribution in [2.24, 2.45) is 28.6 Å². The third-order valence-electron chi connectivity index (χ3n) is 11.5. The molecule has 4 N–H and O–H groups in total. The monoisotopic (exact) mass is 605 g/mol. The Morgan fingerprint density at radius 3 is 2.56 bits per heavy atom. The molecule has 4 fully saturated rings. The van der Waals surface area contributed by atoms with Crippen LogP contribution in [0.3, 0.4) is 0 Å². The van der Waals surface area contributed by atoms with Crippen LogP contribution in [0.15, 0.2) is 23.8 Å². The Hall–Kier alpha value is -2.71. The molecule has 2 unspecified atom stereocenters. The molecule has 5 rings (SSSR count). The van der Waals surface area contributed by atoms with Crippen LogP contribution >= 0.6 is 0 Å². The van der Waals surface area contributed by atoms with Crippen LogP contribution in [-0.4, -0.2) is 116 Å². The Morgan fingerprint density at radius 2 is 1.91 bits per heavy atom. The average Bonchev–Trinajstić information content (AvgIpc) is 3.22. The number of carboxylic acid groups (broad SMARTS) is 1. The number of carbonyl (C=O) groups is 3. The zero-order valence-electron chi connectivity index (χ0n) is 24.8. The molecule has 0 spiro atoms. The number of carbonyl (C=O) groups excluding carboxylic acids is 2. The summed E-state index contributed by atoms with van der Waals surface area (Å²) in [6.45, 7) is 5.70. The van der Waals surface area contributed by atoms with Crippen molar-refractivity contribution in [1.29, 1.82) is 0 Å². The van der Waals surface area contributed by atoms with Crippen molar-refractivity contribution in [1.82, 2.24) is 9.80 Å². The lowest BCUT2D eigenvalue weighted by molar-refractivity contribution is -0.757. The molecule has 9 atom stereocenters. The van der Waals surface area contributed by atoms with E-state index in [1.54, 1.807) is 19.1 Å². The number of nitrogens with zero attached hydrogens (tertiary/aromatic N) is 3. The van der Waals surface area contributed by atoms with Crippen molar-refractivity contribution >= 4 is 17.5 Å². The maximum Gasteiger partial charge on any atom is 0.324 e. The summed E-state index contributed by atoms with van der Waals surface area (Å²) in [5.41, 5.74) is -2.58. The number of fused-ring (bicyclic) bond motifs is 5. The molecule has 0 aromatic heterocycles. The number of piperazine rings is 1. The van der Waals surface area contributed by atoms with E-state index in [0.717, 1.165) is 5.57 Å². The van der Waals surface area contributed by atoms with Crippen LogP contribution in [0, 0.1) is 38.7 Å². The fourth-order valence-electron chi connectivity index (χ4n) is 9.31. The quantitative estimate of drug-likeness (QED) is 0.154. The average molecular weight is 606 g/mol. The van der Waals surface area contributed by atoms with Gasteiger partial charge in [0.2, 0.25) is 0 Å². The van der Waals surface area contributed by atoms with Crippen molar-refractivity contribution < 1.29 is 44.7 Å². The SMILES string of the molecule is C[C@]12C=CC(=O)C=C1CC[C@@H]1[C@@H]2[C@@H](O)C[C@@]2(C)[C@H]1CC[C@]2(O)C(=O)C(O)C(C(=O)O)N1CCN(CCCO[N+](=O)[O-])CC1. The summed E-state index contributed by atoms with van der Waals surface area (Å²) in [4.78, 5) is 56.7. The van der Waals surface area contributed by atoms with E-state index >= 15 is 0 Å². The van der Waals surface area contributed by atoms with Gasteiger partial charge in [-0.15, -0.1) is 10.1 Å². The fourth-order valence-corrected chi connectivity index (χ4v) is 9.31. The van der Waals surface area contributed by atoms with E-state index in [-0.39, 0.29) is 56.1 Å². The van der Waals surface area contributed by atoms with Gasteiger partial charge in [-0.25, -0.2) is 0 Å². The summed E-state index contributed by atoms with van der Waals surface area (Å²) in [6.07, 6.45) is 4.77. The number of aliphatic hydroxyl groups excluding tert-OH is 2. The molecule has 43 heavy (non-hydrogen) atoms. The number of hydrogen-bond donors (Lipinski definition) is 4. The molecule has 0 aromatic carbocycles. The molecular weight excluding hydrogens is 562 g/mol. The summed E-state index contributed by atoms with van der Waals surface area (Å²) in [7, 11) is 0. The molecule has 0 radical (unpaired) electrons. The Labute approximate surface area is 250 Å². The van der Waals surface area contributed by atoms with Gasteiger partial charge in [0.1, 0.15) is 17.7 Å². The third kappa shape index (κ3) is 5.33. The first-order valence-corrected chi connectivity index (χ1v) is 15.3. The number of carboxylic acids is 1. The molecule has 13 heteroatoms. The van der Waals surface area contributed by atoms with Crippen LogP contribution in [-0.2, 0) is 19.2 Å². The molecule has 4 aliphatic carbocycles. The number of Topliss-reactive ketones (excluding diaryl/α,β-unsaturated/α-hetero) is 1. The molecule has 0 amide bonds. The highest BCUT2D eigenvalue weighted by molar-refractivity contribution is 6.01. The molecule has 13 nitrogen and oxygen atoms in total. The van der Waals surface area contributed by atoms with E-state index in [4.69, 9.17) is 0 Å². The van der Waals surface area contributed by atoms with Gasteiger partial charge in [0.25, 0.3) is 5.09 Å². The molecule has 1 heterocycles. The van der Waals surface area contributed by atoms with Gasteiger partial charge >= 0.3 is 5.97 Å². The van der Waals surface area contributed by atoms with Crippen LogP contribution in [0.1, 0.15) is 52.4 Å². The smallest absolute Gasteiger partial charge is 0.324 e. The van der Waals surface area contributed by atoms with Crippen molar-refractivity contribution in [3.8, 4) is 0 Å². The topological polar surface area (TPSA) is 191 Å². The number of hydrogen-bond acceptors (Lipinski definition) is 11. The minimum atomic E-state index is -2.01. The first-order chi connectivity index (χ1) is 20.2. The Kier molecular flexibility index (Phi) is 8.60.